The van der Waals surface area contributed by atoms with Crippen molar-refractivity contribution in [1.29, 1.82) is 0 Å². The van der Waals surface area contributed by atoms with Crippen LogP contribution in [0.1, 0.15) is 41.4 Å². The fourth-order valence-electron chi connectivity index (χ4n) is 3.90. The van der Waals surface area contributed by atoms with E-state index >= 15 is 0 Å². The highest BCUT2D eigenvalue weighted by Gasteiger charge is 2.44. The first-order chi connectivity index (χ1) is 13.5. The summed E-state index contributed by atoms with van der Waals surface area (Å²) < 4.78 is 3.97. The Morgan fingerprint density at radius 2 is 1.86 bits per heavy atom. The second-order valence-electron chi connectivity index (χ2n) is 7.31. The van der Waals surface area contributed by atoms with Crippen molar-refractivity contribution in [3.63, 3.8) is 0 Å². The van der Waals surface area contributed by atoms with Crippen LogP contribution in [0.4, 0.5) is 5.95 Å². The van der Waals surface area contributed by atoms with Gasteiger partial charge in [-0.25, -0.2) is 15.0 Å². The van der Waals surface area contributed by atoms with Crippen LogP contribution in [0.2, 0.25) is 0 Å². The standard InChI is InChI=1S/C20H22N8/c1-11-22-12(2)28(26-11)18-10-16(24-20(21-3)25-18)13-9-14(13)19-23-15-7-5-6-8-17(15)27(19)4/h5-8,10,13-14H,9H2,1-4H3,(H,21,24,25). The van der Waals surface area contributed by atoms with Crippen LogP contribution in [-0.2, 0) is 7.05 Å². The lowest BCUT2D eigenvalue weighted by Gasteiger charge is -2.08. The number of aryl methyl sites for hydroxylation is 3. The molecule has 2 unspecified atom stereocenters. The molecule has 3 aromatic heterocycles. The highest BCUT2D eigenvalue weighted by Crippen LogP contribution is 2.54. The Morgan fingerprint density at radius 3 is 2.57 bits per heavy atom. The van der Waals surface area contributed by atoms with E-state index in [4.69, 9.17) is 9.97 Å². The molecule has 0 spiro atoms. The van der Waals surface area contributed by atoms with Crippen LogP contribution in [0.25, 0.3) is 16.9 Å². The van der Waals surface area contributed by atoms with Crippen molar-refractivity contribution in [2.75, 3.05) is 12.4 Å². The molecule has 8 heteroatoms. The quantitative estimate of drug-likeness (QED) is 0.591. The van der Waals surface area contributed by atoms with Gasteiger partial charge < -0.3 is 9.88 Å². The summed E-state index contributed by atoms with van der Waals surface area (Å²) in [4.78, 5) is 18.5. The zero-order valence-corrected chi connectivity index (χ0v) is 16.4. The van der Waals surface area contributed by atoms with Gasteiger partial charge in [0.1, 0.15) is 17.5 Å². The predicted octanol–water partition coefficient (Wildman–Crippen LogP) is 2.87. The topological polar surface area (TPSA) is 86.3 Å². The van der Waals surface area contributed by atoms with Crippen LogP contribution in [0.15, 0.2) is 30.3 Å². The Morgan fingerprint density at radius 1 is 1.04 bits per heavy atom. The number of aromatic nitrogens is 7. The van der Waals surface area contributed by atoms with Gasteiger partial charge in [-0.1, -0.05) is 12.1 Å². The molecule has 1 saturated carbocycles. The third-order valence-electron chi connectivity index (χ3n) is 5.37. The van der Waals surface area contributed by atoms with E-state index in [1.165, 1.54) is 0 Å². The summed E-state index contributed by atoms with van der Waals surface area (Å²) in [7, 11) is 3.92. The zero-order chi connectivity index (χ0) is 19.4. The highest BCUT2D eigenvalue weighted by atomic mass is 15.4. The van der Waals surface area contributed by atoms with Gasteiger partial charge in [0, 0.05) is 32.0 Å². The molecule has 0 radical (unpaired) electrons. The van der Waals surface area contributed by atoms with Gasteiger partial charge in [0.05, 0.1) is 16.7 Å². The first-order valence-corrected chi connectivity index (χ1v) is 9.44. The number of hydrogen-bond donors (Lipinski definition) is 1. The second-order valence-corrected chi connectivity index (χ2v) is 7.31. The third kappa shape index (κ3) is 2.64. The number of rotatable bonds is 4. The third-order valence-corrected chi connectivity index (χ3v) is 5.37. The molecule has 1 aliphatic rings. The fraction of sp³-hybridized carbons (Fsp3) is 0.350. The summed E-state index contributed by atoms with van der Waals surface area (Å²) in [5.41, 5.74) is 3.22. The number of nitrogens with one attached hydrogen (secondary N) is 1. The second kappa shape index (κ2) is 6.12. The normalized spacial score (nSPS) is 18.6. The van der Waals surface area contributed by atoms with Gasteiger partial charge in [-0.2, -0.15) is 9.67 Å². The first kappa shape index (κ1) is 16.9. The summed E-state index contributed by atoms with van der Waals surface area (Å²) in [6.07, 6.45) is 1.03. The Bertz CT molecular complexity index is 1190. The smallest absolute Gasteiger partial charge is 0.224 e. The van der Waals surface area contributed by atoms with E-state index in [1.807, 2.05) is 33.0 Å². The number of fused-ring (bicyclic) bond motifs is 1. The van der Waals surface area contributed by atoms with Crippen LogP contribution in [0, 0.1) is 13.8 Å². The lowest BCUT2D eigenvalue weighted by Crippen LogP contribution is -2.08. The molecule has 1 N–H and O–H groups in total. The van der Waals surface area contributed by atoms with Gasteiger partial charge in [0.2, 0.25) is 5.95 Å². The molecule has 5 rings (SSSR count). The highest BCUT2D eigenvalue weighted by molar-refractivity contribution is 5.76. The molecule has 28 heavy (non-hydrogen) atoms. The Labute approximate surface area is 162 Å². The molecule has 142 valence electrons. The minimum Gasteiger partial charge on any atom is -0.357 e. The number of para-hydroxylation sites is 2. The molecule has 2 atom stereocenters. The average molecular weight is 374 g/mol. The van der Waals surface area contributed by atoms with Crippen molar-refractivity contribution >= 4 is 17.0 Å². The van der Waals surface area contributed by atoms with Gasteiger partial charge in [-0.3, -0.25) is 0 Å². The Hall–Kier alpha value is -3.29. The number of nitrogens with zero attached hydrogens (tertiary/aromatic N) is 7. The number of hydrogen-bond acceptors (Lipinski definition) is 6. The molecular weight excluding hydrogens is 352 g/mol. The van der Waals surface area contributed by atoms with Gasteiger partial charge >= 0.3 is 0 Å². The zero-order valence-electron chi connectivity index (χ0n) is 16.4. The number of benzene rings is 1. The summed E-state index contributed by atoms with van der Waals surface area (Å²) in [5, 5.41) is 7.54. The van der Waals surface area contributed by atoms with E-state index in [0.29, 0.717) is 17.8 Å². The van der Waals surface area contributed by atoms with Crippen LogP contribution >= 0.6 is 0 Å². The van der Waals surface area contributed by atoms with E-state index in [9.17, 15) is 0 Å². The lowest BCUT2D eigenvalue weighted by molar-refractivity contribution is 0.779. The molecule has 0 saturated heterocycles. The lowest BCUT2D eigenvalue weighted by atomic mass is 10.2. The van der Waals surface area contributed by atoms with E-state index < -0.39 is 0 Å². The van der Waals surface area contributed by atoms with E-state index in [0.717, 1.165) is 46.4 Å². The molecule has 3 heterocycles. The van der Waals surface area contributed by atoms with E-state index in [1.54, 1.807) is 4.68 Å². The molecular formula is C20H22N8. The van der Waals surface area contributed by atoms with Crippen molar-refractivity contribution in [1.82, 2.24) is 34.3 Å². The number of anilines is 1. The number of imidazole rings is 1. The minimum atomic E-state index is 0.328. The van der Waals surface area contributed by atoms with Crippen LogP contribution in [0.5, 0.6) is 0 Å². The van der Waals surface area contributed by atoms with Crippen molar-refractivity contribution in [2.45, 2.75) is 32.1 Å². The van der Waals surface area contributed by atoms with Gasteiger partial charge in [-0.05, 0) is 32.4 Å². The van der Waals surface area contributed by atoms with Crippen LogP contribution in [-0.4, -0.2) is 41.3 Å². The monoisotopic (exact) mass is 374 g/mol. The van der Waals surface area contributed by atoms with Gasteiger partial charge in [0.25, 0.3) is 0 Å². The van der Waals surface area contributed by atoms with Gasteiger partial charge in [0.15, 0.2) is 5.82 Å². The van der Waals surface area contributed by atoms with E-state index in [-0.39, 0.29) is 0 Å². The first-order valence-electron chi connectivity index (χ1n) is 9.44. The largest absolute Gasteiger partial charge is 0.357 e. The minimum absolute atomic E-state index is 0.328. The van der Waals surface area contributed by atoms with Crippen LogP contribution < -0.4 is 5.32 Å². The molecule has 0 amide bonds. The summed E-state index contributed by atoms with van der Waals surface area (Å²) in [6, 6.07) is 10.3. The maximum absolute atomic E-state index is 4.87. The van der Waals surface area contributed by atoms with Crippen molar-refractivity contribution in [3.05, 3.63) is 53.5 Å². The fourth-order valence-corrected chi connectivity index (χ4v) is 3.90. The average Bonchev–Trinajstić information content (AvgIpc) is 3.33. The maximum atomic E-state index is 4.87. The van der Waals surface area contributed by atoms with Crippen molar-refractivity contribution in [2.24, 2.45) is 7.05 Å². The van der Waals surface area contributed by atoms with Crippen molar-refractivity contribution < 1.29 is 0 Å². The summed E-state index contributed by atoms with van der Waals surface area (Å²) in [5.74, 6) is 4.68. The van der Waals surface area contributed by atoms with Crippen LogP contribution in [0.3, 0.4) is 0 Å². The SMILES string of the molecule is CNc1nc(C2CC2c2nc3ccccc3n2C)cc(-n2nc(C)nc2C)n1. The molecule has 0 aliphatic heterocycles. The summed E-state index contributed by atoms with van der Waals surface area (Å²) >= 11 is 0. The maximum Gasteiger partial charge on any atom is 0.224 e. The molecule has 1 aliphatic carbocycles. The van der Waals surface area contributed by atoms with E-state index in [2.05, 4.69) is 50.2 Å². The van der Waals surface area contributed by atoms with Crippen molar-refractivity contribution in [3.8, 4) is 5.82 Å². The Kier molecular flexibility index (Phi) is 3.68. The summed E-state index contributed by atoms with van der Waals surface area (Å²) in [6.45, 7) is 3.81. The molecule has 1 fully saturated rings. The molecule has 8 nitrogen and oxygen atoms in total. The molecule has 0 bridgehead atoms. The molecule has 4 aromatic rings. The van der Waals surface area contributed by atoms with Gasteiger partial charge in [-0.15, -0.1) is 5.10 Å². The Balaban J connectivity index is 1.52. The predicted molar refractivity (Wildman–Crippen MR) is 107 cm³/mol. The molecule has 1 aromatic carbocycles.